The second-order valence-corrected chi connectivity index (χ2v) is 3.84. The molecule has 0 aromatic carbocycles. The molecule has 0 saturated carbocycles. The van der Waals surface area contributed by atoms with Gasteiger partial charge in [0.25, 0.3) is 5.56 Å². The zero-order chi connectivity index (χ0) is 11.5. The van der Waals surface area contributed by atoms with Crippen molar-refractivity contribution in [2.24, 2.45) is 0 Å². The van der Waals surface area contributed by atoms with E-state index in [0.717, 1.165) is 6.42 Å². The predicted octanol–water partition coefficient (Wildman–Crippen LogP) is 0.739. The van der Waals surface area contributed by atoms with E-state index in [-0.39, 0.29) is 23.4 Å². The molecule has 0 bridgehead atoms. The predicted molar refractivity (Wildman–Crippen MR) is 58.7 cm³/mol. The van der Waals surface area contributed by atoms with Crippen LogP contribution in [0.4, 0.5) is 5.69 Å². The van der Waals surface area contributed by atoms with Crippen molar-refractivity contribution >= 4 is 5.69 Å². The van der Waals surface area contributed by atoms with Crippen molar-refractivity contribution in [1.82, 2.24) is 10.3 Å². The van der Waals surface area contributed by atoms with Crippen LogP contribution in [0.2, 0.25) is 0 Å². The highest BCUT2D eigenvalue weighted by atomic mass is 16.5. The fraction of sp³-hybridized carbons (Fsp3) is 0.545. The fourth-order valence-corrected chi connectivity index (χ4v) is 2.02. The first-order valence-electron chi connectivity index (χ1n) is 5.27. The molecular formula is C11H15N2O3. The standard InChI is InChI=1S/C11H15N2O3/c1-15-10-7-16-6-4-9(10)13-5-2-3-8(12)11(13)14/h2-3,5,9-10,12H,4,6-7H2,1H3/t9?,10-/m1/s1. The van der Waals surface area contributed by atoms with Gasteiger partial charge in [-0.3, -0.25) is 10.5 Å². The molecule has 5 nitrogen and oxygen atoms in total. The molecule has 1 aliphatic heterocycles. The van der Waals surface area contributed by atoms with Gasteiger partial charge in [0, 0.05) is 19.9 Å². The van der Waals surface area contributed by atoms with Crippen LogP contribution in [0.5, 0.6) is 0 Å². The van der Waals surface area contributed by atoms with Gasteiger partial charge in [0.15, 0.2) is 0 Å². The van der Waals surface area contributed by atoms with Gasteiger partial charge in [0.05, 0.1) is 12.6 Å². The van der Waals surface area contributed by atoms with Crippen molar-refractivity contribution < 1.29 is 9.47 Å². The SMILES string of the molecule is CO[C@@H]1COCCC1n1cccc([NH])c1=O. The molecule has 0 aliphatic carbocycles. The van der Waals surface area contributed by atoms with E-state index in [0.29, 0.717) is 13.2 Å². The average Bonchev–Trinajstić information content (AvgIpc) is 2.33. The van der Waals surface area contributed by atoms with Gasteiger partial charge < -0.3 is 14.0 Å². The third-order valence-corrected chi connectivity index (χ3v) is 2.90. The summed E-state index contributed by atoms with van der Waals surface area (Å²) in [6.45, 7) is 1.12. The van der Waals surface area contributed by atoms with Crippen LogP contribution >= 0.6 is 0 Å². The summed E-state index contributed by atoms with van der Waals surface area (Å²) in [6, 6.07) is 3.18. The number of hydrogen-bond acceptors (Lipinski definition) is 3. The molecule has 1 aromatic heterocycles. The van der Waals surface area contributed by atoms with Gasteiger partial charge in [-0.15, -0.1) is 0 Å². The fourth-order valence-electron chi connectivity index (χ4n) is 2.02. The van der Waals surface area contributed by atoms with E-state index in [1.807, 2.05) is 0 Å². The molecule has 2 heterocycles. The Labute approximate surface area is 93.8 Å². The Morgan fingerprint density at radius 1 is 1.62 bits per heavy atom. The molecule has 5 heteroatoms. The first-order chi connectivity index (χ1) is 7.74. The summed E-state index contributed by atoms with van der Waals surface area (Å²) in [5.41, 5.74) is 7.25. The molecule has 1 aromatic rings. The molecule has 1 N–H and O–H groups in total. The lowest BCUT2D eigenvalue weighted by atomic mass is 10.1. The number of nitrogens with zero attached hydrogens (tertiary/aromatic N) is 1. The number of ether oxygens (including phenoxy) is 2. The molecule has 2 rings (SSSR count). The molecule has 87 valence electrons. The van der Waals surface area contributed by atoms with E-state index in [1.54, 1.807) is 23.9 Å². The minimum atomic E-state index is -0.267. The number of methoxy groups -OCH3 is 1. The van der Waals surface area contributed by atoms with Gasteiger partial charge in [0.2, 0.25) is 0 Å². The highest BCUT2D eigenvalue weighted by molar-refractivity contribution is 5.29. The number of nitrogens with one attached hydrogen (secondary N) is 1. The topological polar surface area (TPSA) is 64.3 Å². The molecule has 1 unspecified atom stereocenters. The highest BCUT2D eigenvalue weighted by Crippen LogP contribution is 2.22. The van der Waals surface area contributed by atoms with Crippen LogP contribution in [-0.4, -0.2) is 31.0 Å². The van der Waals surface area contributed by atoms with Crippen molar-refractivity contribution in [3.8, 4) is 0 Å². The summed E-state index contributed by atoms with van der Waals surface area (Å²) in [6.07, 6.45) is 2.33. The maximum Gasteiger partial charge on any atom is 0.276 e. The molecule has 16 heavy (non-hydrogen) atoms. The van der Waals surface area contributed by atoms with Crippen LogP contribution in [0.25, 0.3) is 0 Å². The zero-order valence-electron chi connectivity index (χ0n) is 9.18. The second-order valence-electron chi connectivity index (χ2n) is 3.84. The lowest BCUT2D eigenvalue weighted by Gasteiger charge is -2.31. The highest BCUT2D eigenvalue weighted by Gasteiger charge is 2.27. The van der Waals surface area contributed by atoms with Crippen molar-refractivity contribution in [3.05, 3.63) is 28.7 Å². The lowest BCUT2D eigenvalue weighted by Crippen LogP contribution is -2.39. The van der Waals surface area contributed by atoms with Gasteiger partial charge >= 0.3 is 0 Å². The minimum absolute atomic E-state index is 0.0174. The summed E-state index contributed by atoms with van der Waals surface area (Å²) in [5.74, 6) is 0. The van der Waals surface area contributed by atoms with E-state index in [1.165, 1.54) is 6.07 Å². The normalized spacial score (nSPS) is 25.6. The molecular weight excluding hydrogens is 208 g/mol. The van der Waals surface area contributed by atoms with Crippen LogP contribution in [0, 0.1) is 0 Å². The third-order valence-electron chi connectivity index (χ3n) is 2.90. The molecule has 0 amide bonds. The van der Waals surface area contributed by atoms with Gasteiger partial charge in [-0.1, -0.05) is 0 Å². The van der Waals surface area contributed by atoms with E-state index < -0.39 is 0 Å². The second kappa shape index (κ2) is 4.67. The van der Waals surface area contributed by atoms with Gasteiger partial charge in [-0.05, 0) is 18.6 Å². The van der Waals surface area contributed by atoms with Gasteiger partial charge in [0.1, 0.15) is 11.8 Å². The maximum atomic E-state index is 11.8. The smallest absolute Gasteiger partial charge is 0.276 e. The van der Waals surface area contributed by atoms with E-state index >= 15 is 0 Å². The van der Waals surface area contributed by atoms with Gasteiger partial charge in [-0.25, -0.2) is 0 Å². The molecule has 1 fully saturated rings. The van der Waals surface area contributed by atoms with E-state index in [9.17, 15) is 4.79 Å². The first-order valence-corrected chi connectivity index (χ1v) is 5.27. The molecule has 2 atom stereocenters. The lowest BCUT2D eigenvalue weighted by molar-refractivity contribution is -0.0609. The van der Waals surface area contributed by atoms with Crippen LogP contribution in [0.3, 0.4) is 0 Å². The minimum Gasteiger partial charge on any atom is -0.379 e. The van der Waals surface area contributed by atoms with Crippen molar-refractivity contribution in [3.63, 3.8) is 0 Å². The Balaban J connectivity index is 2.34. The Kier molecular flexibility index (Phi) is 3.26. The van der Waals surface area contributed by atoms with Gasteiger partial charge in [-0.2, -0.15) is 0 Å². The average molecular weight is 223 g/mol. The summed E-state index contributed by atoms with van der Waals surface area (Å²) in [5, 5.41) is 0. The van der Waals surface area contributed by atoms with Crippen LogP contribution in [-0.2, 0) is 9.47 Å². The summed E-state index contributed by atoms with van der Waals surface area (Å²) >= 11 is 0. The molecule has 1 radical (unpaired) electrons. The van der Waals surface area contributed by atoms with E-state index in [4.69, 9.17) is 15.2 Å². The Morgan fingerprint density at radius 2 is 2.44 bits per heavy atom. The number of aromatic nitrogens is 1. The Bertz CT molecular complexity index is 416. The molecule has 1 saturated heterocycles. The monoisotopic (exact) mass is 223 g/mol. The molecule has 1 aliphatic rings. The summed E-state index contributed by atoms with van der Waals surface area (Å²) in [7, 11) is 1.61. The zero-order valence-corrected chi connectivity index (χ0v) is 9.18. The van der Waals surface area contributed by atoms with Crippen molar-refractivity contribution in [2.75, 3.05) is 20.3 Å². The quantitative estimate of drug-likeness (QED) is 0.742. The maximum absolute atomic E-state index is 11.8. The van der Waals surface area contributed by atoms with Crippen molar-refractivity contribution in [1.29, 1.82) is 0 Å². The van der Waals surface area contributed by atoms with Crippen LogP contribution < -0.4 is 11.3 Å². The first kappa shape index (κ1) is 11.2. The van der Waals surface area contributed by atoms with Crippen LogP contribution in [0.1, 0.15) is 12.5 Å². The molecule has 0 spiro atoms. The number of hydrogen-bond donors (Lipinski definition) is 0. The Hall–Kier alpha value is -1.33. The third kappa shape index (κ3) is 1.96. The van der Waals surface area contributed by atoms with Crippen LogP contribution in [0.15, 0.2) is 23.1 Å². The number of rotatable bonds is 2. The largest absolute Gasteiger partial charge is 0.379 e. The van der Waals surface area contributed by atoms with Crippen molar-refractivity contribution in [2.45, 2.75) is 18.6 Å². The summed E-state index contributed by atoms with van der Waals surface area (Å²) < 4.78 is 12.2. The Morgan fingerprint density at radius 3 is 3.19 bits per heavy atom. The number of pyridine rings is 1. The van der Waals surface area contributed by atoms with E-state index in [2.05, 4.69) is 0 Å². The summed E-state index contributed by atoms with van der Waals surface area (Å²) in [4.78, 5) is 11.8.